The average molecular weight is 421 g/mol. The third-order valence-corrected chi connectivity index (χ3v) is 5.15. The summed E-state index contributed by atoms with van der Waals surface area (Å²) in [5, 5.41) is 11.9. The van der Waals surface area contributed by atoms with Gasteiger partial charge in [-0.1, -0.05) is 29.5 Å². The summed E-state index contributed by atoms with van der Waals surface area (Å²) in [6.45, 7) is 3.00. The maximum Gasteiger partial charge on any atom is 0.282 e. The summed E-state index contributed by atoms with van der Waals surface area (Å²) < 4.78 is 0.982. The van der Waals surface area contributed by atoms with E-state index in [2.05, 4.69) is 4.98 Å². The standard InChI is InChI=1S/C19H20N4O3S.ClH/c1-13-8-9-15-17(12-13)27-19(20-15)22(11-10-21(2)3)18(24)14-6-4-5-7-16(14)23(25)26;/h4-9,12H,10-11H2,1-3H3;1H. The Kier molecular flexibility index (Phi) is 7.06. The molecule has 0 aliphatic carbocycles. The van der Waals surface area contributed by atoms with E-state index in [0.29, 0.717) is 18.2 Å². The number of para-hydroxylation sites is 1. The summed E-state index contributed by atoms with van der Waals surface area (Å²) in [5.41, 5.74) is 1.79. The number of carbonyl (C=O) groups excluding carboxylic acids is 1. The minimum absolute atomic E-state index is 0. The number of hydrogen-bond acceptors (Lipinski definition) is 6. The van der Waals surface area contributed by atoms with E-state index in [4.69, 9.17) is 0 Å². The van der Waals surface area contributed by atoms with Gasteiger partial charge < -0.3 is 4.90 Å². The molecule has 0 saturated heterocycles. The quantitative estimate of drug-likeness (QED) is 0.442. The number of halogens is 1. The van der Waals surface area contributed by atoms with Crippen LogP contribution in [-0.4, -0.2) is 47.9 Å². The first kappa shape index (κ1) is 21.7. The molecule has 28 heavy (non-hydrogen) atoms. The van der Waals surface area contributed by atoms with E-state index in [9.17, 15) is 14.9 Å². The number of anilines is 1. The van der Waals surface area contributed by atoms with Gasteiger partial charge in [-0.05, 0) is 44.8 Å². The van der Waals surface area contributed by atoms with E-state index in [1.165, 1.54) is 28.4 Å². The Morgan fingerprint density at radius 2 is 1.89 bits per heavy atom. The van der Waals surface area contributed by atoms with Gasteiger partial charge in [0.15, 0.2) is 5.13 Å². The van der Waals surface area contributed by atoms with Crippen LogP contribution < -0.4 is 4.90 Å². The fourth-order valence-corrected chi connectivity index (χ4v) is 3.77. The molecule has 0 radical (unpaired) electrons. The van der Waals surface area contributed by atoms with Gasteiger partial charge in [0, 0.05) is 19.2 Å². The van der Waals surface area contributed by atoms with Gasteiger partial charge in [0.2, 0.25) is 0 Å². The smallest absolute Gasteiger partial charge is 0.282 e. The summed E-state index contributed by atoms with van der Waals surface area (Å²) in [6, 6.07) is 11.9. The van der Waals surface area contributed by atoms with Gasteiger partial charge >= 0.3 is 0 Å². The van der Waals surface area contributed by atoms with Crippen molar-refractivity contribution < 1.29 is 9.72 Å². The van der Waals surface area contributed by atoms with E-state index in [0.717, 1.165) is 15.8 Å². The van der Waals surface area contributed by atoms with Crippen LogP contribution in [0, 0.1) is 17.0 Å². The third-order valence-electron chi connectivity index (χ3n) is 4.11. The van der Waals surface area contributed by atoms with Crippen LogP contribution in [0.15, 0.2) is 42.5 Å². The van der Waals surface area contributed by atoms with Crippen molar-refractivity contribution in [1.29, 1.82) is 0 Å². The van der Waals surface area contributed by atoms with Crippen LogP contribution in [0.1, 0.15) is 15.9 Å². The number of hydrogen-bond donors (Lipinski definition) is 0. The van der Waals surface area contributed by atoms with Crippen molar-refractivity contribution in [2.24, 2.45) is 0 Å². The molecule has 2 aromatic carbocycles. The van der Waals surface area contributed by atoms with Crippen molar-refractivity contribution in [3.63, 3.8) is 0 Å². The molecule has 0 spiro atoms. The normalized spacial score (nSPS) is 10.7. The third kappa shape index (κ3) is 4.64. The molecule has 9 heteroatoms. The monoisotopic (exact) mass is 420 g/mol. The number of amides is 1. The van der Waals surface area contributed by atoms with Crippen molar-refractivity contribution in [3.05, 3.63) is 63.7 Å². The second-order valence-electron chi connectivity index (χ2n) is 6.50. The first-order chi connectivity index (χ1) is 12.9. The van der Waals surface area contributed by atoms with Gasteiger partial charge in [-0.25, -0.2) is 4.98 Å². The lowest BCUT2D eigenvalue weighted by Gasteiger charge is -2.21. The number of carbonyl (C=O) groups is 1. The van der Waals surface area contributed by atoms with E-state index >= 15 is 0 Å². The van der Waals surface area contributed by atoms with Gasteiger partial charge in [-0.3, -0.25) is 19.8 Å². The zero-order chi connectivity index (χ0) is 19.6. The number of aromatic nitrogens is 1. The summed E-state index contributed by atoms with van der Waals surface area (Å²) in [7, 11) is 3.82. The molecule has 3 aromatic rings. The molecule has 7 nitrogen and oxygen atoms in total. The summed E-state index contributed by atoms with van der Waals surface area (Å²) in [5.74, 6) is -0.417. The minimum Gasteiger partial charge on any atom is -0.308 e. The zero-order valence-corrected chi connectivity index (χ0v) is 17.4. The van der Waals surface area contributed by atoms with Crippen LogP contribution in [0.3, 0.4) is 0 Å². The minimum atomic E-state index is -0.529. The largest absolute Gasteiger partial charge is 0.308 e. The van der Waals surface area contributed by atoms with E-state index in [-0.39, 0.29) is 23.7 Å². The highest BCUT2D eigenvalue weighted by Gasteiger charge is 2.27. The SMILES string of the molecule is Cc1ccc2nc(N(CCN(C)C)C(=O)c3ccccc3[N+](=O)[O-])sc2c1.Cl. The highest BCUT2D eigenvalue weighted by molar-refractivity contribution is 7.22. The fourth-order valence-electron chi connectivity index (χ4n) is 2.68. The molecule has 0 saturated carbocycles. The average Bonchev–Trinajstić information content (AvgIpc) is 3.04. The van der Waals surface area contributed by atoms with Crippen molar-refractivity contribution in [3.8, 4) is 0 Å². The van der Waals surface area contributed by atoms with Crippen molar-refractivity contribution in [1.82, 2.24) is 9.88 Å². The van der Waals surface area contributed by atoms with Crippen LogP contribution in [-0.2, 0) is 0 Å². The predicted octanol–water partition coefficient (Wildman–Crippen LogP) is 4.14. The van der Waals surface area contributed by atoms with Crippen molar-refractivity contribution in [2.75, 3.05) is 32.1 Å². The Morgan fingerprint density at radius 1 is 1.18 bits per heavy atom. The molecule has 3 rings (SSSR count). The number of nitro groups is 1. The Hall–Kier alpha value is -2.55. The molecule has 0 unspecified atom stereocenters. The first-order valence-electron chi connectivity index (χ1n) is 8.44. The molecule has 0 aliphatic rings. The van der Waals surface area contributed by atoms with Crippen molar-refractivity contribution in [2.45, 2.75) is 6.92 Å². The van der Waals surface area contributed by atoms with Crippen LogP contribution in [0.25, 0.3) is 10.2 Å². The molecule has 0 aliphatic heterocycles. The fraction of sp³-hybridized carbons (Fsp3) is 0.263. The number of nitrogens with zero attached hydrogens (tertiary/aromatic N) is 4. The first-order valence-corrected chi connectivity index (χ1v) is 9.25. The Morgan fingerprint density at radius 3 is 2.57 bits per heavy atom. The predicted molar refractivity (Wildman–Crippen MR) is 115 cm³/mol. The molecule has 148 valence electrons. The lowest BCUT2D eigenvalue weighted by molar-refractivity contribution is -0.385. The van der Waals surface area contributed by atoms with E-state index in [1.54, 1.807) is 12.1 Å². The molecule has 1 heterocycles. The van der Waals surface area contributed by atoms with E-state index in [1.807, 2.05) is 44.1 Å². The maximum absolute atomic E-state index is 13.2. The number of thiazole rings is 1. The zero-order valence-electron chi connectivity index (χ0n) is 15.8. The van der Waals surface area contributed by atoms with Gasteiger partial charge in [-0.2, -0.15) is 0 Å². The summed E-state index contributed by atoms with van der Waals surface area (Å²) in [4.78, 5) is 32.1. The lowest BCUT2D eigenvalue weighted by Crippen LogP contribution is -2.37. The number of likely N-dealkylation sites (N-methyl/N-ethyl adjacent to an activating group) is 1. The maximum atomic E-state index is 13.2. The van der Waals surface area contributed by atoms with E-state index < -0.39 is 10.8 Å². The number of benzene rings is 2. The van der Waals surface area contributed by atoms with Gasteiger partial charge in [0.05, 0.1) is 15.1 Å². The second kappa shape index (κ2) is 9.09. The highest BCUT2D eigenvalue weighted by Crippen LogP contribution is 2.31. The molecular weight excluding hydrogens is 400 g/mol. The molecule has 0 fully saturated rings. The molecule has 0 bridgehead atoms. The van der Waals surface area contributed by atoms with Gasteiger partial charge in [-0.15, -0.1) is 12.4 Å². The summed E-state index contributed by atoms with van der Waals surface area (Å²) >= 11 is 1.41. The molecule has 0 atom stereocenters. The number of rotatable bonds is 6. The number of nitro benzene ring substituents is 1. The molecular formula is C19H21ClN4O3S. The van der Waals surface area contributed by atoms with Crippen LogP contribution in [0.5, 0.6) is 0 Å². The van der Waals surface area contributed by atoms with Gasteiger partial charge in [0.1, 0.15) is 5.56 Å². The lowest BCUT2D eigenvalue weighted by atomic mass is 10.1. The Bertz CT molecular complexity index is 1010. The highest BCUT2D eigenvalue weighted by atomic mass is 35.5. The van der Waals surface area contributed by atoms with Gasteiger partial charge in [0.25, 0.3) is 11.6 Å². The Labute approximate surface area is 173 Å². The topological polar surface area (TPSA) is 79.6 Å². The van der Waals surface area contributed by atoms with Crippen molar-refractivity contribution >= 4 is 50.7 Å². The molecule has 1 aromatic heterocycles. The Balaban J connectivity index is 0.00000280. The van der Waals surface area contributed by atoms with Crippen LogP contribution in [0.4, 0.5) is 10.8 Å². The second-order valence-corrected chi connectivity index (χ2v) is 7.51. The molecule has 1 amide bonds. The summed E-state index contributed by atoms with van der Waals surface area (Å²) in [6.07, 6.45) is 0. The number of aryl methyl sites for hydroxylation is 1. The van der Waals surface area contributed by atoms with Crippen LogP contribution >= 0.6 is 23.7 Å². The number of fused-ring (bicyclic) bond motifs is 1. The molecule has 0 N–H and O–H groups in total. The van der Waals surface area contributed by atoms with Crippen LogP contribution in [0.2, 0.25) is 0 Å².